The van der Waals surface area contributed by atoms with Gasteiger partial charge in [0, 0.05) is 0 Å². The summed E-state index contributed by atoms with van der Waals surface area (Å²) >= 11 is 0. The van der Waals surface area contributed by atoms with Crippen LogP contribution in [0.5, 0.6) is 0 Å². The van der Waals surface area contributed by atoms with Crippen LogP contribution in [0.1, 0.15) is 109 Å². The maximum Gasteiger partial charge on any atom is 0.125 e. The van der Waals surface area contributed by atoms with Crippen LogP contribution in [0.25, 0.3) is 22.3 Å². The van der Waals surface area contributed by atoms with Gasteiger partial charge >= 0.3 is 0 Å². The lowest BCUT2D eigenvalue weighted by Crippen LogP contribution is -2.25. The number of rotatable bonds is 16. The summed E-state index contributed by atoms with van der Waals surface area (Å²) in [7, 11) is 2.50. The Morgan fingerprint density at radius 1 is 0.419 bits per heavy atom. The largest absolute Gasteiger partial charge is 0.744 e. The van der Waals surface area contributed by atoms with Crippen LogP contribution in [0.2, 0.25) is 0 Å². The molecule has 2 atom stereocenters. The van der Waals surface area contributed by atoms with E-state index < -0.39 is 20.4 Å². The topological polar surface area (TPSA) is 57.2 Å². The van der Waals surface area contributed by atoms with Crippen molar-refractivity contribution < 1.29 is 13.0 Å². The van der Waals surface area contributed by atoms with E-state index >= 15 is 0 Å². The predicted octanol–water partition coefficient (Wildman–Crippen LogP) is 14.1. The smallest absolute Gasteiger partial charge is 0.125 e. The van der Waals surface area contributed by atoms with Crippen LogP contribution in [0.4, 0.5) is 0 Å². The van der Waals surface area contributed by atoms with E-state index in [1.807, 2.05) is 0 Å². The molecular weight excluding hydrogens is 815 g/mol. The highest BCUT2D eigenvalue weighted by molar-refractivity contribution is 7.86. The second kappa shape index (κ2) is 19.8. The minimum Gasteiger partial charge on any atom is -0.744 e. The van der Waals surface area contributed by atoms with E-state index in [2.05, 4.69) is 192 Å². The zero-order valence-corrected chi connectivity index (χ0v) is 39.7. The molecule has 0 spiro atoms. The molecule has 0 radical (unpaired) electrons. The van der Waals surface area contributed by atoms with Gasteiger partial charge in [0.2, 0.25) is 0 Å². The molecule has 2 unspecified atom stereocenters. The zero-order chi connectivity index (χ0) is 43.9. The maximum atomic E-state index is 10.3. The third-order valence-electron chi connectivity index (χ3n) is 12.3. The molecule has 0 heterocycles. The highest BCUT2D eigenvalue weighted by atomic mass is 32.2. The van der Waals surface area contributed by atoms with Crippen LogP contribution in [0, 0.1) is 0 Å². The van der Waals surface area contributed by atoms with Crippen LogP contribution < -0.4 is 0 Å². The lowest BCUT2D eigenvalue weighted by Gasteiger charge is -2.37. The van der Waals surface area contributed by atoms with Gasteiger partial charge in [-0.2, -0.15) is 0 Å². The van der Waals surface area contributed by atoms with Gasteiger partial charge in [-0.1, -0.05) is 211 Å². The van der Waals surface area contributed by atoms with E-state index in [0.29, 0.717) is 5.56 Å². The van der Waals surface area contributed by atoms with Crippen LogP contribution in [-0.4, -0.2) is 13.0 Å². The molecule has 3 nitrogen and oxygen atoms in total. The van der Waals surface area contributed by atoms with Crippen molar-refractivity contribution in [2.45, 2.75) is 94.3 Å². The lowest BCUT2D eigenvalue weighted by molar-refractivity contribution is 0.462. The summed E-state index contributed by atoms with van der Waals surface area (Å²) in [5, 5.41) is -0.932. The van der Waals surface area contributed by atoms with Gasteiger partial charge in [0.15, 0.2) is 0 Å². The fourth-order valence-electron chi connectivity index (χ4n) is 8.93. The fourth-order valence-corrected chi connectivity index (χ4v) is 10.9. The standard InChI is InChI=1S/C50H56P2.C6H4O3S/c1-5-13-37-21-29-41(30-22-37)49(51,42-31-23-38(14-6-2)24-32-42)47-19-11-9-17-45(47)46-18-10-12-20-48(46)50(52,43-33-25-39(15-7-3)26-34-43)44-35-27-40(16-8-4)28-36-44;7-10(8,9)6-3-4-1-2-5(4)6/h9-12,17-36H,5-8,13-16,51-52H2,1-4H3;1-3H,(H,7,8,9)/p-1. The van der Waals surface area contributed by atoms with E-state index in [-0.39, 0.29) is 4.90 Å². The molecule has 2 aliphatic rings. The summed E-state index contributed by atoms with van der Waals surface area (Å²) in [6.45, 7) is 9.02. The highest BCUT2D eigenvalue weighted by Gasteiger charge is 2.38. The number of aryl methyl sites for hydroxylation is 4. The number of hydrogen-bond acceptors (Lipinski definition) is 3. The Bertz CT molecular complexity index is 2460. The third kappa shape index (κ3) is 9.32. The van der Waals surface area contributed by atoms with E-state index in [1.165, 1.54) is 72.8 Å². The molecule has 62 heavy (non-hydrogen) atoms. The Labute approximate surface area is 375 Å². The molecule has 318 valence electrons. The van der Waals surface area contributed by atoms with Crippen LogP contribution in [0.15, 0.2) is 169 Å². The Morgan fingerprint density at radius 3 is 0.935 bits per heavy atom. The average Bonchev–Trinajstić information content (AvgIpc) is 3.28. The van der Waals surface area contributed by atoms with Gasteiger partial charge in [-0.05, 0) is 110 Å². The molecular formula is C56H59O3P2S-. The Balaban J connectivity index is 0.000000502. The van der Waals surface area contributed by atoms with Gasteiger partial charge in [-0.3, -0.25) is 0 Å². The average molecular weight is 874 g/mol. The van der Waals surface area contributed by atoms with Crippen LogP contribution in [-0.2, 0) is 46.1 Å². The van der Waals surface area contributed by atoms with Gasteiger partial charge < -0.3 is 4.55 Å². The molecule has 0 fully saturated rings. The summed E-state index contributed by atoms with van der Waals surface area (Å²) in [4.78, 5) is -0.0648. The quantitative estimate of drug-likeness (QED) is 0.0552. The van der Waals surface area contributed by atoms with E-state index in [4.69, 9.17) is 0 Å². The second-order valence-corrected chi connectivity index (χ2v) is 19.7. The molecule has 6 aromatic rings. The molecule has 0 aliphatic heterocycles. The molecule has 6 heteroatoms. The van der Waals surface area contributed by atoms with Crippen molar-refractivity contribution in [1.29, 1.82) is 0 Å². The Hall–Kier alpha value is -4.69. The normalized spacial score (nSPS) is 12.1. The van der Waals surface area contributed by atoms with Gasteiger partial charge in [-0.15, -0.1) is 18.5 Å². The van der Waals surface area contributed by atoms with Crippen molar-refractivity contribution >= 4 is 28.6 Å². The van der Waals surface area contributed by atoms with Gasteiger partial charge in [-0.25, -0.2) is 8.42 Å². The first-order valence-corrected chi connectivity index (χ1v) is 24.8. The Morgan fingerprint density at radius 2 is 0.726 bits per heavy atom. The number of benzene rings is 7. The molecule has 0 bridgehead atoms. The highest BCUT2D eigenvalue weighted by Crippen LogP contribution is 2.53. The van der Waals surface area contributed by atoms with Crippen molar-refractivity contribution in [3.63, 3.8) is 0 Å². The fraction of sp³-hybridized carbons (Fsp3) is 0.250. The minimum absolute atomic E-state index is 0.0648. The molecule has 0 N–H and O–H groups in total. The van der Waals surface area contributed by atoms with Crippen molar-refractivity contribution in [3.05, 3.63) is 219 Å². The first-order chi connectivity index (χ1) is 29.9. The number of hydrogen-bond donors (Lipinski definition) is 0. The summed E-state index contributed by atoms with van der Waals surface area (Å²) in [5.74, 6) is 0. The molecule has 0 aromatic heterocycles. The van der Waals surface area contributed by atoms with E-state index in [1.54, 1.807) is 12.1 Å². The molecule has 0 saturated carbocycles. The van der Waals surface area contributed by atoms with Crippen molar-refractivity contribution in [2.75, 3.05) is 0 Å². The van der Waals surface area contributed by atoms with Gasteiger partial charge in [0.1, 0.15) is 10.1 Å². The SMILES string of the molecule is CCCc1ccc(C(P)(c2ccc(CCC)cc2)c2ccccc2-c2ccccc2C(P)(c2ccc(CCC)cc2)c2ccc(CCC)cc2)cc1.O=S(=O)([O-])c1cc2ccc1-2. The predicted molar refractivity (Wildman–Crippen MR) is 266 cm³/mol. The number of fused-ring (bicyclic) bond motifs is 1. The van der Waals surface area contributed by atoms with Gasteiger partial charge in [0.25, 0.3) is 0 Å². The summed E-state index contributed by atoms with van der Waals surface area (Å²) in [5.41, 5.74) is 17.2. The van der Waals surface area contributed by atoms with Crippen LogP contribution >= 0.6 is 18.5 Å². The first kappa shape index (κ1) is 45.3. The molecule has 6 aromatic carbocycles. The maximum absolute atomic E-state index is 10.3. The summed E-state index contributed by atoms with van der Waals surface area (Å²) in [6.07, 6.45) is 8.94. The first-order valence-electron chi connectivity index (χ1n) is 22.2. The summed E-state index contributed by atoms with van der Waals surface area (Å²) < 4.78 is 30.9. The minimum atomic E-state index is -4.19. The molecule has 8 rings (SSSR count). The summed E-state index contributed by atoms with van der Waals surface area (Å²) in [6, 6.07) is 60.5. The second-order valence-electron chi connectivity index (χ2n) is 16.7. The van der Waals surface area contributed by atoms with Gasteiger partial charge in [0.05, 0.1) is 15.2 Å². The van der Waals surface area contributed by atoms with Crippen molar-refractivity contribution in [2.24, 2.45) is 0 Å². The van der Waals surface area contributed by atoms with E-state index in [0.717, 1.165) is 56.9 Å². The van der Waals surface area contributed by atoms with Crippen LogP contribution in [0.3, 0.4) is 0 Å². The van der Waals surface area contributed by atoms with Crippen molar-refractivity contribution in [3.8, 4) is 22.3 Å². The molecule has 2 aliphatic carbocycles. The van der Waals surface area contributed by atoms with Crippen molar-refractivity contribution in [1.82, 2.24) is 0 Å². The third-order valence-corrected chi connectivity index (χ3v) is 15.2. The van der Waals surface area contributed by atoms with E-state index in [9.17, 15) is 13.0 Å². The molecule has 0 saturated heterocycles. The monoisotopic (exact) mass is 873 g/mol. The zero-order valence-electron chi connectivity index (χ0n) is 36.5. The lowest BCUT2D eigenvalue weighted by atomic mass is 9.76. The Kier molecular flexibility index (Phi) is 14.5. The molecule has 0 amide bonds.